The van der Waals surface area contributed by atoms with Crippen LogP contribution in [-0.2, 0) is 9.59 Å². The van der Waals surface area contributed by atoms with Gasteiger partial charge in [0.1, 0.15) is 5.75 Å². The maximum Gasteiger partial charge on any atom is 0.315 e. The Morgan fingerprint density at radius 2 is 1.87 bits per heavy atom. The summed E-state index contributed by atoms with van der Waals surface area (Å²) in [6, 6.07) is 8.65. The summed E-state index contributed by atoms with van der Waals surface area (Å²) < 4.78 is 5.02. The van der Waals surface area contributed by atoms with Crippen LogP contribution < -0.4 is 4.74 Å². The van der Waals surface area contributed by atoms with Gasteiger partial charge >= 0.3 is 11.9 Å². The number of aliphatic carboxylic acids is 1. The van der Waals surface area contributed by atoms with Gasteiger partial charge in [-0.2, -0.15) is 0 Å². The van der Waals surface area contributed by atoms with Crippen LogP contribution in [0.15, 0.2) is 30.3 Å². The Morgan fingerprint density at radius 1 is 1.20 bits per heavy atom. The third-order valence-electron chi connectivity index (χ3n) is 2.37. The highest BCUT2D eigenvalue weighted by atomic mass is 16.5. The average Bonchev–Trinajstić information content (AvgIpc) is 2.98. The lowest BCUT2D eigenvalue weighted by molar-refractivity contribution is -0.143. The zero-order valence-electron chi connectivity index (χ0n) is 7.92. The van der Waals surface area contributed by atoms with Gasteiger partial charge in [0.2, 0.25) is 0 Å². The first-order chi connectivity index (χ1) is 7.18. The summed E-state index contributed by atoms with van der Waals surface area (Å²) in [5.41, 5.74) is 0. The molecule has 1 aliphatic rings. The summed E-state index contributed by atoms with van der Waals surface area (Å²) in [7, 11) is 0. The van der Waals surface area contributed by atoms with Crippen molar-refractivity contribution in [1.82, 2.24) is 0 Å². The lowest BCUT2D eigenvalue weighted by Crippen LogP contribution is -2.14. The molecule has 78 valence electrons. The number of carbonyl (C=O) groups is 2. The number of ether oxygens (including phenoxy) is 1. The Morgan fingerprint density at radius 3 is 2.40 bits per heavy atom. The molecule has 0 radical (unpaired) electrons. The van der Waals surface area contributed by atoms with Gasteiger partial charge in [-0.1, -0.05) is 18.2 Å². The van der Waals surface area contributed by atoms with Gasteiger partial charge in [0.15, 0.2) is 0 Å². The molecule has 2 rings (SSSR count). The first-order valence-electron chi connectivity index (χ1n) is 4.68. The maximum atomic E-state index is 11.4. The van der Waals surface area contributed by atoms with Crippen LogP contribution in [0.5, 0.6) is 5.75 Å². The van der Waals surface area contributed by atoms with Crippen molar-refractivity contribution in [3.63, 3.8) is 0 Å². The number of esters is 1. The normalized spacial score (nSPS) is 23.2. The molecule has 0 aromatic heterocycles. The molecule has 0 amide bonds. The number of hydrogen-bond acceptors (Lipinski definition) is 3. The third-order valence-corrected chi connectivity index (χ3v) is 2.37. The first-order valence-corrected chi connectivity index (χ1v) is 4.68. The minimum Gasteiger partial charge on any atom is -0.481 e. The van der Waals surface area contributed by atoms with Crippen LogP contribution in [0.2, 0.25) is 0 Å². The van der Waals surface area contributed by atoms with Crippen LogP contribution in [0.3, 0.4) is 0 Å². The molecule has 0 bridgehead atoms. The molecular formula is C11H10O4. The zero-order chi connectivity index (χ0) is 10.8. The quantitative estimate of drug-likeness (QED) is 0.598. The van der Waals surface area contributed by atoms with Crippen molar-refractivity contribution in [3.8, 4) is 5.75 Å². The van der Waals surface area contributed by atoms with E-state index in [0.717, 1.165) is 0 Å². The molecule has 2 atom stereocenters. The predicted molar refractivity (Wildman–Crippen MR) is 51.3 cm³/mol. The van der Waals surface area contributed by atoms with Crippen molar-refractivity contribution in [2.24, 2.45) is 11.8 Å². The number of benzene rings is 1. The molecule has 0 heterocycles. The fourth-order valence-corrected chi connectivity index (χ4v) is 1.41. The van der Waals surface area contributed by atoms with Crippen molar-refractivity contribution in [1.29, 1.82) is 0 Å². The molecule has 1 N–H and O–H groups in total. The van der Waals surface area contributed by atoms with Gasteiger partial charge in [0.05, 0.1) is 11.8 Å². The number of carbonyl (C=O) groups excluding carboxylic acids is 1. The van der Waals surface area contributed by atoms with Crippen LogP contribution in [0.1, 0.15) is 6.42 Å². The number of para-hydroxylation sites is 1. The number of carboxylic acids is 1. The van der Waals surface area contributed by atoms with Gasteiger partial charge in [-0.25, -0.2) is 0 Å². The van der Waals surface area contributed by atoms with E-state index in [9.17, 15) is 9.59 Å². The van der Waals surface area contributed by atoms with Gasteiger partial charge in [0.25, 0.3) is 0 Å². The summed E-state index contributed by atoms with van der Waals surface area (Å²) in [6.45, 7) is 0. The zero-order valence-corrected chi connectivity index (χ0v) is 7.92. The Kier molecular flexibility index (Phi) is 2.41. The smallest absolute Gasteiger partial charge is 0.315 e. The fourth-order valence-electron chi connectivity index (χ4n) is 1.41. The molecular weight excluding hydrogens is 196 g/mol. The molecule has 15 heavy (non-hydrogen) atoms. The number of hydrogen-bond donors (Lipinski definition) is 1. The molecule has 1 aromatic rings. The van der Waals surface area contributed by atoms with Crippen molar-refractivity contribution in [2.45, 2.75) is 6.42 Å². The van der Waals surface area contributed by atoms with E-state index in [1.165, 1.54) is 0 Å². The SMILES string of the molecule is O=C(O)C1CC1C(=O)Oc1ccccc1. The van der Waals surface area contributed by atoms with Crippen LogP contribution in [0, 0.1) is 11.8 Å². The fraction of sp³-hybridized carbons (Fsp3) is 0.273. The van der Waals surface area contributed by atoms with Crippen molar-refractivity contribution >= 4 is 11.9 Å². The molecule has 4 nitrogen and oxygen atoms in total. The van der Waals surface area contributed by atoms with E-state index in [0.29, 0.717) is 12.2 Å². The molecule has 2 unspecified atom stereocenters. The van der Waals surface area contributed by atoms with E-state index in [4.69, 9.17) is 9.84 Å². The van der Waals surface area contributed by atoms with Crippen molar-refractivity contribution in [2.75, 3.05) is 0 Å². The number of rotatable bonds is 3. The van der Waals surface area contributed by atoms with Crippen LogP contribution in [0.25, 0.3) is 0 Å². The summed E-state index contributed by atoms with van der Waals surface area (Å²) in [5.74, 6) is -1.94. The van der Waals surface area contributed by atoms with E-state index in [1.54, 1.807) is 24.3 Å². The lowest BCUT2D eigenvalue weighted by Gasteiger charge is -2.01. The van der Waals surface area contributed by atoms with Gasteiger partial charge in [-0.15, -0.1) is 0 Å². The highest BCUT2D eigenvalue weighted by molar-refractivity contribution is 5.87. The molecule has 0 aliphatic heterocycles. The van der Waals surface area contributed by atoms with Gasteiger partial charge in [-0.05, 0) is 18.6 Å². The summed E-state index contributed by atoms with van der Waals surface area (Å²) in [6.07, 6.45) is 0.390. The summed E-state index contributed by atoms with van der Waals surface area (Å²) in [4.78, 5) is 21.9. The van der Waals surface area contributed by atoms with E-state index in [-0.39, 0.29) is 0 Å². The molecule has 1 fully saturated rings. The van der Waals surface area contributed by atoms with Gasteiger partial charge < -0.3 is 9.84 Å². The Hall–Kier alpha value is -1.84. The Labute approximate surface area is 86.5 Å². The predicted octanol–water partition coefficient (Wildman–Crippen LogP) is 1.31. The Balaban J connectivity index is 1.92. The lowest BCUT2D eigenvalue weighted by atomic mass is 10.3. The second kappa shape index (κ2) is 3.73. The summed E-state index contributed by atoms with van der Waals surface area (Å²) >= 11 is 0. The van der Waals surface area contributed by atoms with E-state index < -0.39 is 23.8 Å². The molecule has 0 spiro atoms. The second-order valence-corrected chi connectivity index (χ2v) is 3.52. The van der Waals surface area contributed by atoms with Crippen LogP contribution in [-0.4, -0.2) is 17.0 Å². The highest BCUT2D eigenvalue weighted by Crippen LogP contribution is 2.39. The highest BCUT2D eigenvalue weighted by Gasteiger charge is 2.49. The largest absolute Gasteiger partial charge is 0.481 e. The van der Waals surface area contributed by atoms with E-state index in [1.807, 2.05) is 6.07 Å². The topological polar surface area (TPSA) is 63.6 Å². The molecule has 1 saturated carbocycles. The molecule has 1 aliphatic carbocycles. The van der Waals surface area contributed by atoms with Crippen molar-refractivity contribution in [3.05, 3.63) is 30.3 Å². The van der Waals surface area contributed by atoms with Crippen LogP contribution >= 0.6 is 0 Å². The Bertz CT molecular complexity index is 385. The molecule has 0 saturated heterocycles. The van der Waals surface area contributed by atoms with Gasteiger partial charge in [-0.3, -0.25) is 9.59 Å². The maximum absolute atomic E-state index is 11.4. The summed E-state index contributed by atoms with van der Waals surface area (Å²) in [5, 5.41) is 8.63. The second-order valence-electron chi connectivity index (χ2n) is 3.52. The van der Waals surface area contributed by atoms with Crippen molar-refractivity contribution < 1.29 is 19.4 Å². The molecule has 1 aromatic carbocycles. The van der Waals surface area contributed by atoms with Gasteiger partial charge in [0, 0.05) is 0 Å². The van der Waals surface area contributed by atoms with E-state index in [2.05, 4.69) is 0 Å². The third kappa shape index (κ3) is 2.15. The number of carboxylic acid groups (broad SMARTS) is 1. The average molecular weight is 206 g/mol. The molecule has 4 heteroatoms. The van der Waals surface area contributed by atoms with Crippen LogP contribution in [0.4, 0.5) is 0 Å². The standard InChI is InChI=1S/C11H10O4/c12-10(13)8-6-9(8)11(14)15-7-4-2-1-3-5-7/h1-5,8-9H,6H2,(H,12,13). The minimum atomic E-state index is -0.926. The minimum absolute atomic E-state index is 0.390. The van der Waals surface area contributed by atoms with E-state index >= 15 is 0 Å². The first kappa shape index (κ1) is 9.71. The monoisotopic (exact) mass is 206 g/mol.